The van der Waals surface area contributed by atoms with Gasteiger partial charge in [-0.2, -0.15) is 11.8 Å². The summed E-state index contributed by atoms with van der Waals surface area (Å²) in [6.45, 7) is 2.87. The van der Waals surface area contributed by atoms with Crippen molar-refractivity contribution in [1.82, 2.24) is 5.32 Å². The van der Waals surface area contributed by atoms with Crippen LogP contribution in [0.3, 0.4) is 0 Å². The van der Waals surface area contributed by atoms with E-state index < -0.39 is 0 Å². The molecule has 5 heteroatoms. The molecule has 0 radical (unpaired) electrons. The van der Waals surface area contributed by atoms with Gasteiger partial charge in [0, 0.05) is 58.7 Å². The molecule has 2 heterocycles. The van der Waals surface area contributed by atoms with E-state index in [1.807, 2.05) is 11.8 Å². The lowest BCUT2D eigenvalue weighted by molar-refractivity contribution is -0.113. The number of unbranched alkanes of at least 4 members (excludes halogenated alkanes) is 2. The Morgan fingerprint density at radius 3 is 2.59 bits per heavy atom. The van der Waals surface area contributed by atoms with Crippen LogP contribution in [-0.2, 0) is 11.2 Å². The Hall–Kier alpha value is -3.05. The topological polar surface area (TPSA) is 44.7 Å². The molecule has 172 valence electrons. The van der Waals surface area contributed by atoms with Gasteiger partial charge in [0.2, 0.25) is 0 Å². The van der Waals surface area contributed by atoms with E-state index in [4.69, 9.17) is 4.99 Å². The van der Waals surface area contributed by atoms with E-state index in [1.165, 1.54) is 33.5 Å². The van der Waals surface area contributed by atoms with E-state index in [0.29, 0.717) is 12.3 Å². The number of anilines is 1. The fraction of sp³-hybridized carbons (Fsp3) is 0.310. The highest BCUT2D eigenvalue weighted by atomic mass is 32.2. The molecule has 3 aromatic carbocycles. The Labute approximate surface area is 205 Å². The molecule has 1 fully saturated rings. The van der Waals surface area contributed by atoms with Crippen molar-refractivity contribution >= 4 is 51.1 Å². The van der Waals surface area contributed by atoms with Crippen molar-refractivity contribution in [3.05, 3.63) is 77.4 Å². The average Bonchev–Trinajstić information content (AvgIpc) is 3.37. The lowest BCUT2D eigenvalue weighted by Crippen LogP contribution is -2.32. The maximum atomic E-state index is 12.8. The average molecular weight is 468 g/mol. The zero-order valence-electron chi connectivity index (χ0n) is 19.3. The zero-order valence-corrected chi connectivity index (χ0v) is 20.2. The summed E-state index contributed by atoms with van der Waals surface area (Å²) in [6.07, 6.45) is 4.37. The standard InChI is InChI=1S/C29H29N3OS/c33-29-28(30-15-6-2-5-10-20-8-3-1-4-9-20)26-22-13-14-24(32-16-18-34-19-17-32)21-11-7-12-23(25(21)22)27(26)31-29/h1,3-4,7-9,11-14H,2,5-6,10,15-19H2,(H,30,31,33). The van der Waals surface area contributed by atoms with E-state index in [9.17, 15) is 4.79 Å². The number of hydrogen-bond donors (Lipinski definition) is 1. The number of amides is 1. The molecule has 1 amide bonds. The van der Waals surface area contributed by atoms with Crippen LogP contribution in [0, 0.1) is 0 Å². The normalized spacial score (nSPS) is 18.2. The minimum absolute atomic E-state index is 0.0610. The predicted molar refractivity (Wildman–Crippen MR) is 145 cm³/mol. The molecule has 1 saturated heterocycles. The molecular formula is C29H29N3OS. The van der Waals surface area contributed by atoms with E-state index in [0.717, 1.165) is 61.2 Å². The third-order valence-electron chi connectivity index (χ3n) is 7.08. The van der Waals surface area contributed by atoms with Crippen LogP contribution in [0.15, 0.2) is 65.7 Å². The van der Waals surface area contributed by atoms with Crippen LogP contribution in [0.2, 0.25) is 0 Å². The molecule has 0 spiro atoms. The smallest absolute Gasteiger partial charge is 0.274 e. The number of fused-ring (bicyclic) bond motifs is 2. The van der Waals surface area contributed by atoms with Gasteiger partial charge in [0.05, 0.1) is 5.70 Å². The van der Waals surface area contributed by atoms with Gasteiger partial charge >= 0.3 is 0 Å². The van der Waals surface area contributed by atoms with Gasteiger partial charge in [-0.25, -0.2) is 0 Å². The molecule has 0 saturated carbocycles. The van der Waals surface area contributed by atoms with Crippen molar-refractivity contribution < 1.29 is 4.79 Å². The van der Waals surface area contributed by atoms with Crippen LogP contribution >= 0.6 is 11.8 Å². The highest BCUT2D eigenvalue weighted by Crippen LogP contribution is 2.46. The quantitative estimate of drug-likeness (QED) is 0.463. The van der Waals surface area contributed by atoms with Gasteiger partial charge in [-0.3, -0.25) is 9.79 Å². The van der Waals surface area contributed by atoms with Gasteiger partial charge in [0.15, 0.2) is 0 Å². The molecule has 6 rings (SSSR count). The summed E-state index contributed by atoms with van der Waals surface area (Å²) < 4.78 is 0. The fourth-order valence-corrected chi connectivity index (χ4v) is 6.33. The van der Waals surface area contributed by atoms with Gasteiger partial charge in [-0.1, -0.05) is 61.0 Å². The van der Waals surface area contributed by atoms with Gasteiger partial charge in [0.25, 0.3) is 5.91 Å². The summed E-state index contributed by atoms with van der Waals surface area (Å²) in [5.41, 5.74) is 7.54. The Morgan fingerprint density at radius 2 is 1.74 bits per heavy atom. The molecule has 0 aromatic heterocycles. The first kappa shape index (κ1) is 21.5. The third kappa shape index (κ3) is 3.82. The molecule has 2 aliphatic heterocycles. The summed E-state index contributed by atoms with van der Waals surface area (Å²) in [7, 11) is 0. The summed E-state index contributed by atoms with van der Waals surface area (Å²) in [6, 6.07) is 21.6. The number of nitrogens with zero attached hydrogens (tertiary/aromatic N) is 2. The number of rotatable bonds is 7. The monoisotopic (exact) mass is 467 g/mol. The van der Waals surface area contributed by atoms with Crippen LogP contribution in [-0.4, -0.2) is 42.8 Å². The van der Waals surface area contributed by atoms with Crippen molar-refractivity contribution in [3.63, 3.8) is 0 Å². The largest absolute Gasteiger partial charge is 0.369 e. The number of carbonyl (C=O) groups excluding carboxylic acids is 1. The zero-order chi connectivity index (χ0) is 22.9. The fourth-order valence-electron chi connectivity index (χ4n) is 5.42. The number of aliphatic imine (C=N–C) groups is 1. The number of aryl methyl sites for hydroxylation is 1. The van der Waals surface area contributed by atoms with Crippen molar-refractivity contribution in [2.75, 3.05) is 36.0 Å². The lowest BCUT2D eigenvalue weighted by atomic mass is 9.98. The van der Waals surface area contributed by atoms with Crippen LogP contribution in [0.5, 0.6) is 0 Å². The Morgan fingerprint density at radius 1 is 0.882 bits per heavy atom. The lowest BCUT2D eigenvalue weighted by Gasteiger charge is -2.30. The Bertz CT molecular complexity index is 1310. The van der Waals surface area contributed by atoms with E-state index >= 15 is 0 Å². The van der Waals surface area contributed by atoms with Crippen molar-refractivity contribution in [2.45, 2.75) is 25.7 Å². The van der Waals surface area contributed by atoms with Gasteiger partial charge in [0.1, 0.15) is 5.71 Å². The van der Waals surface area contributed by atoms with Crippen LogP contribution < -0.4 is 10.2 Å². The maximum absolute atomic E-state index is 12.8. The molecule has 1 N–H and O–H groups in total. The second-order valence-electron chi connectivity index (χ2n) is 9.19. The molecule has 3 aromatic rings. The van der Waals surface area contributed by atoms with E-state index in [2.05, 4.69) is 70.9 Å². The van der Waals surface area contributed by atoms with Crippen molar-refractivity contribution in [2.24, 2.45) is 4.99 Å². The number of nitrogens with one attached hydrogen (secondary N) is 1. The molecule has 3 aliphatic rings. The van der Waals surface area contributed by atoms with Crippen LogP contribution in [0.4, 0.5) is 5.69 Å². The van der Waals surface area contributed by atoms with Gasteiger partial charge in [-0.15, -0.1) is 0 Å². The summed E-state index contributed by atoms with van der Waals surface area (Å²) in [5, 5.41) is 5.68. The van der Waals surface area contributed by atoms with Crippen molar-refractivity contribution in [3.8, 4) is 0 Å². The summed E-state index contributed by atoms with van der Waals surface area (Å²) >= 11 is 2.03. The number of benzene rings is 3. The number of carbonyl (C=O) groups is 1. The predicted octanol–water partition coefficient (Wildman–Crippen LogP) is 5.56. The second-order valence-corrected chi connectivity index (χ2v) is 10.4. The molecule has 34 heavy (non-hydrogen) atoms. The minimum atomic E-state index is -0.0610. The SMILES string of the molecule is O=C1NC2=C(C1=NCCCCCc1ccccc1)c1ccc(N3CCSCC3)c3cccc2c13. The third-order valence-corrected chi connectivity index (χ3v) is 8.03. The molecule has 4 nitrogen and oxygen atoms in total. The van der Waals surface area contributed by atoms with Crippen LogP contribution in [0.1, 0.15) is 36.0 Å². The molecule has 0 bridgehead atoms. The highest BCUT2D eigenvalue weighted by molar-refractivity contribution is 7.99. The molecule has 0 unspecified atom stereocenters. The second kappa shape index (κ2) is 9.30. The molecule has 1 aliphatic carbocycles. The van der Waals surface area contributed by atoms with Gasteiger partial charge in [-0.05, 0) is 36.5 Å². The number of hydrogen-bond acceptors (Lipinski definition) is 4. The highest BCUT2D eigenvalue weighted by Gasteiger charge is 2.37. The minimum Gasteiger partial charge on any atom is -0.369 e. The number of thioether (sulfide) groups is 1. The van der Waals surface area contributed by atoms with Crippen LogP contribution in [0.25, 0.3) is 22.0 Å². The van der Waals surface area contributed by atoms with E-state index in [1.54, 1.807) is 0 Å². The van der Waals surface area contributed by atoms with Gasteiger partial charge < -0.3 is 10.2 Å². The first-order chi connectivity index (χ1) is 16.8. The Kier molecular flexibility index (Phi) is 5.88. The molecular weight excluding hydrogens is 438 g/mol. The molecule has 0 atom stereocenters. The summed E-state index contributed by atoms with van der Waals surface area (Å²) in [5.74, 6) is 2.29. The first-order valence-corrected chi connectivity index (χ1v) is 13.5. The maximum Gasteiger partial charge on any atom is 0.274 e. The van der Waals surface area contributed by atoms with Crippen molar-refractivity contribution in [1.29, 1.82) is 0 Å². The summed E-state index contributed by atoms with van der Waals surface area (Å²) in [4.78, 5) is 20.2. The van der Waals surface area contributed by atoms with E-state index in [-0.39, 0.29) is 5.91 Å². The first-order valence-electron chi connectivity index (χ1n) is 12.3. The Balaban J connectivity index is 1.21.